The Bertz CT molecular complexity index is 587. The highest BCUT2D eigenvalue weighted by molar-refractivity contribution is 7.54. The third-order valence-electron chi connectivity index (χ3n) is 2.78. The van der Waals surface area contributed by atoms with Gasteiger partial charge in [-0.05, 0) is 25.5 Å². The van der Waals surface area contributed by atoms with E-state index in [9.17, 15) is 19.5 Å². The molecule has 0 bridgehead atoms. The number of non-ortho nitro benzene ring substituents is 1. The van der Waals surface area contributed by atoms with Crippen molar-refractivity contribution >= 4 is 19.3 Å². The van der Waals surface area contributed by atoms with Crippen molar-refractivity contribution in [2.45, 2.75) is 39.5 Å². The Morgan fingerprint density at radius 2 is 1.91 bits per heavy atom. The molecular formula is C14H20NO7P. The zero-order chi connectivity index (χ0) is 17.5. The topological polar surface area (TPSA) is 105 Å². The molecule has 1 rings (SSSR count). The minimum Gasteiger partial charge on any atom is -0.448 e. The van der Waals surface area contributed by atoms with E-state index in [4.69, 9.17) is 13.8 Å². The first kappa shape index (κ1) is 19.1. The van der Waals surface area contributed by atoms with Crippen LogP contribution in [0.25, 0.3) is 0 Å². The highest BCUT2D eigenvalue weighted by Crippen LogP contribution is 2.54. The third-order valence-corrected chi connectivity index (χ3v) is 4.93. The maximum atomic E-state index is 13.0. The molecular weight excluding hydrogens is 325 g/mol. The lowest BCUT2D eigenvalue weighted by Gasteiger charge is -2.26. The Kier molecular flexibility index (Phi) is 7.19. The van der Waals surface area contributed by atoms with Gasteiger partial charge in [-0.2, -0.15) is 0 Å². The summed E-state index contributed by atoms with van der Waals surface area (Å²) in [5.74, 6) is -1.48. The molecule has 2 atom stereocenters. The summed E-state index contributed by atoms with van der Waals surface area (Å²) in [5, 5.41) is 10.6. The van der Waals surface area contributed by atoms with Crippen molar-refractivity contribution in [3.63, 3.8) is 0 Å². The number of nitrogens with zero attached hydrogens (tertiary/aromatic N) is 1. The molecule has 9 heteroatoms. The van der Waals surface area contributed by atoms with E-state index in [1.54, 1.807) is 6.92 Å². The summed E-state index contributed by atoms with van der Waals surface area (Å²) in [6, 6.07) is 5.10. The van der Waals surface area contributed by atoms with Gasteiger partial charge in [0, 0.05) is 19.1 Å². The molecule has 0 unspecified atom stereocenters. The average molecular weight is 345 g/mol. The molecule has 0 aliphatic rings. The number of hydrogen-bond acceptors (Lipinski definition) is 7. The summed E-state index contributed by atoms with van der Waals surface area (Å²) < 4.78 is 28.7. The molecule has 0 N–H and O–H groups in total. The van der Waals surface area contributed by atoms with E-state index in [1.165, 1.54) is 31.2 Å². The zero-order valence-corrected chi connectivity index (χ0v) is 14.2. The fourth-order valence-electron chi connectivity index (χ4n) is 1.84. The van der Waals surface area contributed by atoms with Gasteiger partial charge in [-0.1, -0.05) is 13.3 Å². The van der Waals surface area contributed by atoms with Crippen LogP contribution in [0.5, 0.6) is 5.75 Å². The lowest BCUT2D eigenvalue weighted by Crippen LogP contribution is -2.21. The van der Waals surface area contributed by atoms with Gasteiger partial charge in [0.05, 0.1) is 11.5 Å². The van der Waals surface area contributed by atoms with Crippen LogP contribution in [-0.2, 0) is 18.6 Å². The summed E-state index contributed by atoms with van der Waals surface area (Å²) >= 11 is 0. The van der Waals surface area contributed by atoms with Crippen LogP contribution in [0.1, 0.15) is 33.6 Å². The smallest absolute Gasteiger partial charge is 0.419 e. The zero-order valence-electron chi connectivity index (χ0n) is 13.3. The van der Waals surface area contributed by atoms with Gasteiger partial charge in [0.25, 0.3) is 5.69 Å². The van der Waals surface area contributed by atoms with Gasteiger partial charge in [-0.15, -0.1) is 0 Å². The molecule has 0 aliphatic carbocycles. The van der Waals surface area contributed by atoms with E-state index in [-0.39, 0.29) is 18.0 Å². The van der Waals surface area contributed by atoms with Gasteiger partial charge in [-0.25, -0.2) is 4.57 Å². The second-order valence-electron chi connectivity index (χ2n) is 4.65. The first-order chi connectivity index (χ1) is 10.8. The van der Waals surface area contributed by atoms with Crippen molar-refractivity contribution in [1.29, 1.82) is 0 Å². The van der Waals surface area contributed by atoms with Crippen LogP contribution in [0.3, 0.4) is 0 Å². The summed E-state index contributed by atoms with van der Waals surface area (Å²) in [4.78, 5) is 21.3. The molecule has 0 aromatic heterocycles. The quantitative estimate of drug-likeness (QED) is 0.289. The minimum absolute atomic E-state index is 0.103. The molecule has 0 saturated carbocycles. The van der Waals surface area contributed by atoms with Gasteiger partial charge in [0.1, 0.15) is 5.75 Å². The number of esters is 1. The largest absolute Gasteiger partial charge is 0.448 e. The molecule has 1 aromatic carbocycles. The molecule has 8 nitrogen and oxygen atoms in total. The molecule has 0 aliphatic heterocycles. The normalized spacial score (nSPS) is 14.6. The predicted molar refractivity (Wildman–Crippen MR) is 83.4 cm³/mol. The van der Waals surface area contributed by atoms with E-state index in [0.29, 0.717) is 12.8 Å². The van der Waals surface area contributed by atoms with Crippen molar-refractivity contribution in [3.8, 4) is 5.75 Å². The standard InChI is InChI=1S/C14H20NO7P/c1-4-6-14(21-11(3)16)23(19,20-5-2)22-13-9-7-12(8-10-13)15(17)18/h7-10,14H,4-6H2,1-3H3/t14-,23-/m0/s1. The molecule has 1 aromatic rings. The molecule has 0 spiro atoms. The number of rotatable bonds is 9. The highest BCUT2D eigenvalue weighted by Gasteiger charge is 2.39. The Morgan fingerprint density at radius 1 is 1.30 bits per heavy atom. The van der Waals surface area contributed by atoms with E-state index >= 15 is 0 Å². The van der Waals surface area contributed by atoms with Crippen molar-refractivity contribution in [2.75, 3.05) is 6.61 Å². The van der Waals surface area contributed by atoms with Crippen molar-refractivity contribution in [2.24, 2.45) is 0 Å². The van der Waals surface area contributed by atoms with Crippen LogP contribution in [0.4, 0.5) is 5.69 Å². The Morgan fingerprint density at radius 3 is 2.35 bits per heavy atom. The van der Waals surface area contributed by atoms with Crippen molar-refractivity contribution in [1.82, 2.24) is 0 Å². The number of benzene rings is 1. The molecule has 23 heavy (non-hydrogen) atoms. The Labute approximate surface area is 134 Å². The molecule has 0 radical (unpaired) electrons. The van der Waals surface area contributed by atoms with Crippen LogP contribution in [0, 0.1) is 10.1 Å². The molecule has 0 fully saturated rings. The summed E-state index contributed by atoms with van der Waals surface area (Å²) in [6.45, 7) is 4.80. The van der Waals surface area contributed by atoms with Crippen LogP contribution in [0.2, 0.25) is 0 Å². The minimum atomic E-state index is -3.77. The lowest BCUT2D eigenvalue weighted by molar-refractivity contribution is -0.384. The van der Waals surface area contributed by atoms with Crippen LogP contribution in [-0.4, -0.2) is 23.3 Å². The fourth-order valence-corrected chi connectivity index (χ4v) is 3.81. The van der Waals surface area contributed by atoms with E-state index in [2.05, 4.69) is 0 Å². The summed E-state index contributed by atoms with van der Waals surface area (Å²) in [6.07, 6.45) is 0.919. The number of carbonyl (C=O) groups excluding carboxylic acids is 1. The van der Waals surface area contributed by atoms with Gasteiger partial charge in [0.15, 0.2) is 0 Å². The second-order valence-corrected chi connectivity index (χ2v) is 6.75. The number of carbonyl (C=O) groups is 1. The SMILES string of the molecule is CCC[C@@H](OC(C)=O)[P@](=O)(OCC)Oc1ccc([N+](=O)[O-])cc1. The van der Waals surface area contributed by atoms with Crippen LogP contribution >= 0.6 is 7.60 Å². The summed E-state index contributed by atoms with van der Waals surface area (Å²) in [5.41, 5.74) is -0.117. The highest BCUT2D eigenvalue weighted by atomic mass is 31.2. The van der Waals surface area contributed by atoms with E-state index in [1.807, 2.05) is 6.92 Å². The van der Waals surface area contributed by atoms with Crippen LogP contribution < -0.4 is 4.52 Å². The number of nitro groups is 1. The molecule has 0 amide bonds. The van der Waals surface area contributed by atoms with Crippen molar-refractivity contribution < 1.29 is 28.1 Å². The number of nitro benzene ring substituents is 1. The number of hydrogen-bond donors (Lipinski definition) is 0. The fraction of sp³-hybridized carbons (Fsp3) is 0.500. The second kappa shape index (κ2) is 8.64. The van der Waals surface area contributed by atoms with Gasteiger partial charge in [-0.3, -0.25) is 19.4 Å². The van der Waals surface area contributed by atoms with Gasteiger partial charge in [0.2, 0.25) is 5.85 Å². The van der Waals surface area contributed by atoms with Gasteiger partial charge < -0.3 is 9.26 Å². The third kappa shape index (κ3) is 5.65. The predicted octanol–water partition coefficient (Wildman–Crippen LogP) is 3.89. The monoisotopic (exact) mass is 345 g/mol. The lowest BCUT2D eigenvalue weighted by atomic mass is 10.3. The Hall–Kier alpha value is -1.92. The number of ether oxygens (including phenoxy) is 1. The molecule has 0 heterocycles. The van der Waals surface area contributed by atoms with Crippen molar-refractivity contribution in [3.05, 3.63) is 34.4 Å². The maximum Gasteiger partial charge on any atom is 0.419 e. The summed E-state index contributed by atoms with van der Waals surface area (Å²) in [7, 11) is -3.77. The average Bonchev–Trinajstić information content (AvgIpc) is 2.47. The maximum absolute atomic E-state index is 13.0. The van der Waals surface area contributed by atoms with E-state index in [0.717, 1.165) is 0 Å². The Balaban J connectivity index is 3.04. The molecule has 0 saturated heterocycles. The van der Waals surface area contributed by atoms with Gasteiger partial charge >= 0.3 is 13.6 Å². The first-order valence-corrected chi connectivity index (χ1v) is 8.79. The van der Waals surface area contributed by atoms with E-state index < -0.39 is 24.3 Å². The first-order valence-electron chi connectivity index (χ1n) is 7.18. The molecule has 128 valence electrons. The van der Waals surface area contributed by atoms with Crippen LogP contribution in [0.15, 0.2) is 24.3 Å².